The second kappa shape index (κ2) is 9.19. The van der Waals surface area contributed by atoms with Crippen LogP contribution in [0.3, 0.4) is 0 Å². The van der Waals surface area contributed by atoms with Crippen molar-refractivity contribution in [3.8, 4) is 5.88 Å². The lowest BCUT2D eigenvalue weighted by atomic mass is 9.86. The van der Waals surface area contributed by atoms with Crippen LogP contribution in [0.2, 0.25) is 0 Å². The number of likely N-dealkylation sites (tertiary alicyclic amines) is 1. The van der Waals surface area contributed by atoms with E-state index in [1.165, 1.54) is 6.33 Å². The van der Waals surface area contributed by atoms with Gasteiger partial charge in [0.2, 0.25) is 5.88 Å². The Morgan fingerprint density at radius 2 is 1.90 bits per heavy atom. The predicted octanol–water partition coefficient (Wildman–Crippen LogP) is 2.38. The lowest BCUT2D eigenvalue weighted by Gasteiger charge is -2.38. The molecule has 29 heavy (non-hydrogen) atoms. The second-order valence-corrected chi connectivity index (χ2v) is 7.39. The molecule has 1 aliphatic rings. The maximum atomic E-state index is 12.1. The second-order valence-electron chi connectivity index (χ2n) is 7.39. The van der Waals surface area contributed by atoms with Crippen molar-refractivity contribution in [3.63, 3.8) is 0 Å². The molecule has 0 bridgehead atoms. The Morgan fingerprint density at radius 3 is 2.52 bits per heavy atom. The summed E-state index contributed by atoms with van der Waals surface area (Å²) in [6, 6.07) is 9.61. The number of aromatic nitrogens is 2. The first-order valence-corrected chi connectivity index (χ1v) is 9.73. The number of piperidine rings is 1. The number of benzene rings is 1. The molecule has 2 aromatic rings. The van der Waals surface area contributed by atoms with Crippen LogP contribution in [0.15, 0.2) is 36.7 Å². The van der Waals surface area contributed by atoms with Gasteiger partial charge < -0.3 is 24.6 Å². The van der Waals surface area contributed by atoms with Gasteiger partial charge in [-0.1, -0.05) is 30.3 Å². The standard InChI is InChI=1S/C21H27N3O5/c1-15(2)29-20(26)24-10-8-21(27,9-11-24)18-17(12-25)19(23-14-22-18)28-13-16-6-4-3-5-7-16/h3-7,14-15,25,27H,8-13H2,1-2H3. The number of hydrogen-bond donors (Lipinski definition) is 2. The highest BCUT2D eigenvalue weighted by Gasteiger charge is 2.39. The van der Waals surface area contributed by atoms with E-state index in [4.69, 9.17) is 9.47 Å². The van der Waals surface area contributed by atoms with Gasteiger partial charge in [0.1, 0.15) is 18.5 Å². The summed E-state index contributed by atoms with van der Waals surface area (Å²) in [7, 11) is 0. The first kappa shape index (κ1) is 21.0. The first-order chi connectivity index (χ1) is 13.9. The molecule has 1 amide bonds. The minimum atomic E-state index is -1.28. The van der Waals surface area contributed by atoms with Gasteiger partial charge in [-0.05, 0) is 32.3 Å². The number of carbonyl (C=O) groups is 1. The van der Waals surface area contributed by atoms with Gasteiger partial charge in [0.15, 0.2) is 0 Å². The molecule has 0 spiro atoms. The Hall–Kier alpha value is -2.71. The highest BCUT2D eigenvalue weighted by atomic mass is 16.6. The average molecular weight is 401 g/mol. The smallest absolute Gasteiger partial charge is 0.410 e. The molecule has 0 radical (unpaired) electrons. The van der Waals surface area contributed by atoms with E-state index < -0.39 is 5.60 Å². The molecule has 2 N–H and O–H groups in total. The third-order valence-electron chi connectivity index (χ3n) is 4.91. The topological polar surface area (TPSA) is 105 Å². The summed E-state index contributed by atoms with van der Waals surface area (Å²) in [5.74, 6) is 0.247. The van der Waals surface area contributed by atoms with Crippen molar-refractivity contribution in [1.82, 2.24) is 14.9 Å². The van der Waals surface area contributed by atoms with Gasteiger partial charge in [-0.2, -0.15) is 0 Å². The van der Waals surface area contributed by atoms with Crippen LogP contribution in [0, 0.1) is 0 Å². The van der Waals surface area contributed by atoms with Gasteiger partial charge in [-0.25, -0.2) is 14.8 Å². The molecule has 156 valence electrons. The number of ether oxygens (including phenoxy) is 2. The number of aliphatic hydroxyl groups excluding tert-OH is 1. The lowest BCUT2D eigenvalue weighted by Crippen LogP contribution is -2.46. The zero-order chi connectivity index (χ0) is 20.9. The Balaban J connectivity index is 1.74. The van der Waals surface area contributed by atoms with E-state index in [0.717, 1.165) is 5.56 Å². The Labute approximate surface area is 170 Å². The van der Waals surface area contributed by atoms with Crippen LogP contribution in [0.1, 0.15) is 43.5 Å². The van der Waals surface area contributed by atoms with E-state index in [1.54, 1.807) is 18.7 Å². The maximum absolute atomic E-state index is 12.1. The van der Waals surface area contributed by atoms with Gasteiger partial charge >= 0.3 is 6.09 Å². The highest BCUT2D eigenvalue weighted by Crippen LogP contribution is 2.36. The third kappa shape index (κ3) is 5.02. The van der Waals surface area contributed by atoms with E-state index in [1.807, 2.05) is 30.3 Å². The van der Waals surface area contributed by atoms with E-state index >= 15 is 0 Å². The van der Waals surface area contributed by atoms with Gasteiger partial charge in [0.05, 0.1) is 24.0 Å². The number of hydrogen-bond acceptors (Lipinski definition) is 7. The van der Waals surface area contributed by atoms with Gasteiger partial charge in [0.25, 0.3) is 0 Å². The van der Waals surface area contributed by atoms with E-state index in [9.17, 15) is 15.0 Å². The van der Waals surface area contributed by atoms with Crippen LogP contribution in [-0.4, -0.2) is 50.4 Å². The molecule has 1 aromatic carbocycles. The minimum absolute atomic E-state index is 0.199. The zero-order valence-corrected chi connectivity index (χ0v) is 16.7. The number of rotatable bonds is 6. The van der Waals surface area contributed by atoms with Crippen molar-refractivity contribution < 1.29 is 24.5 Å². The fourth-order valence-electron chi connectivity index (χ4n) is 3.36. The van der Waals surface area contributed by atoms with Crippen molar-refractivity contribution >= 4 is 6.09 Å². The molecule has 0 atom stereocenters. The van der Waals surface area contributed by atoms with Gasteiger partial charge in [-0.3, -0.25) is 0 Å². The molecule has 3 rings (SSSR count). The minimum Gasteiger partial charge on any atom is -0.472 e. The SMILES string of the molecule is CC(C)OC(=O)N1CCC(O)(c2ncnc(OCc3ccccc3)c2CO)CC1. The molecule has 1 aliphatic heterocycles. The molecule has 0 saturated carbocycles. The third-order valence-corrected chi connectivity index (χ3v) is 4.91. The van der Waals surface area contributed by atoms with E-state index in [-0.39, 0.29) is 44.1 Å². The molecule has 8 heteroatoms. The fraction of sp³-hybridized carbons (Fsp3) is 0.476. The van der Waals surface area contributed by atoms with Crippen LogP contribution in [0.4, 0.5) is 4.79 Å². The number of aliphatic hydroxyl groups is 2. The molecular weight excluding hydrogens is 374 g/mol. The summed E-state index contributed by atoms with van der Waals surface area (Å²) >= 11 is 0. The molecule has 1 aromatic heterocycles. The maximum Gasteiger partial charge on any atom is 0.410 e. The molecule has 0 unspecified atom stereocenters. The molecule has 2 heterocycles. The zero-order valence-electron chi connectivity index (χ0n) is 16.7. The van der Waals surface area contributed by atoms with Crippen LogP contribution >= 0.6 is 0 Å². The Bertz CT molecular complexity index is 820. The fourth-order valence-corrected chi connectivity index (χ4v) is 3.36. The number of amides is 1. The van der Waals surface area contributed by atoms with E-state index in [2.05, 4.69) is 9.97 Å². The number of nitrogens with zero attached hydrogens (tertiary/aromatic N) is 3. The van der Waals surface area contributed by atoms with Crippen molar-refractivity contribution in [2.24, 2.45) is 0 Å². The lowest BCUT2D eigenvalue weighted by molar-refractivity contribution is -0.0321. The van der Waals surface area contributed by atoms with Gasteiger partial charge in [0, 0.05) is 13.1 Å². The predicted molar refractivity (Wildman–Crippen MR) is 105 cm³/mol. The average Bonchev–Trinajstić information content (AvgIpc) is 2.72. The molecule has 1 fully saturated rings. The van der Waals surface area contributed by atoms with Crippen molar-refractivity contribution in [3.05, 3.63) is 53.5 Å². The summed E-state index contributed by atoms with van der Waals surface area (Å²) in [6.07, 6.45) is 1.30. The van der Waals surface area contributed by atoms with Crippen LogP contribution in [0.5, 0.6) is 5.88 Å². The van der Waals surface area contributed by atoms with Crippen molar-refractivity contribution in [2.75, 3.05) is 13.1 Å². The molecule has 1 saturated heterocycles. The van der Waals surface area contributed by atoms with Crippen molar-refractivity contribution in [1.29, 1.82) is 0 Å². The largest absolute Gasteiger partial charge is 0.472 e. The normalized spacial score (nSPS) is 16.0. The summed E-state index contributed by atoms with van der Waals surface area (Å²) in [5.41, 5.74) is 0.395. The van der Waals surface area contributed by atoms with Gasteiger partial charge in [-0.15, -0.1) is 0 Å². The highest BCUT2D eigenvalue weighted by molar-refractivity contribution is 5.68. The molecule has 8 nitrogen and oxygen atoms in total. The van der Waals surface area contributed by atoms with E-state index in [0.29, 0.717) is 24.3 Å². The first-order valence-electron chi connectivity index (χ1n) is 9.73. The quantitative estimate of drug-likeness (QED) is 0.766. The monoisotopic (exact) mass is 401 g/mol. The molecule has 0 aliphatic carbocycles. The summed E-state index contributed by atoms with van der Waals surface area (Å²) in [5, 5.41) is 21.1. The van der Waals surface area contributed by atoms with Crippen LogP contribution in [0.25, 0.3) is 0 Å². The summed E-state index contributed by atoms with van der Waals surface area (Å²) in [6.45, 7) is 4.18. The summed E-state index contributed by atoms with van der Waals surface area (Å²) in [4.78, 5) is 22.0. The van der Waals surface area contributed by atoms with Crippen LogP contribution < -0.4 is 4.74 Å². The number of carbonyl (C=O) groups excluding carboxylic acids is 1. The molecular formula is C21H27N3O5. The Morgan fingerprint density at radius 1 is 1.21 bits per heavy atom. The van der Waals surface area contributed by atoms with Crippen molar-refractivity contribution in [2.45, 2.75) is 51.6 Å². The Kier molecular flexibility index (Phi) is 6.66. The van der Waals surface area contributed by atoms with Crippen LogP contribution in [-0.2, 0) is 23.6 Å². The summed E-state index contributed by atoms with van der Waals surface area (Å²) < 4.78 is 11.0.